The lowest BCUT2D eigenvalue weighted by molar-refractivity contribution is -0.139. The quantitative estimate of drug-likeness (QED) is 0.638. The molecule has 2 N–H and O–H groups in total. The molecule has 8 heteroatoms. The smallest absolute Gasteiger partial charge is 0.416 e. The molecule has 0 radical (unpaired) electrons. The van der Waals surface area contributed by atoms with Gasteiger partial charge in [0.15, 0.2) is 0 Å². The Balaban J connectivity index is 2.03. The van der Waals surface area contributed by atoms with Crippen LogP contribution in [0.5, 0.6) is 0 Å². The lowest BCUT2D eigenvalue weighted by Gasteiger charge is -2.24. The monoisotopic (exact) mass is 423 g/mol. The van der Waals surface area contributed by atoms with E-state index in [1.807, 2.05) is 0 Å². The number of nitrogens with one attached hydrogen (secondary N) is 1. The van der Waals surface area contributed by atoms with Gasteiger partial charge in [-0.25, -0.2) is 4.79 Å². The highest BCUT2D eigenvalue weighted by Gasteiger charge is 2.30. The van der Waals surface area contributed by atoms with Gasteiger partial charge < -0.3 is 15.2 Å². The van der Waals surface area contributed by atoms with Crippen molar-refractivity contribution in [3.05, 3.63) is 70.8 Å². The number of aromatic carboxylic acids is 1. The number of carbonyl (C=O) groups excluding carboxylic acids is 1. The van der Waals surface area contributed by atoms with Crippen molar-refractivity contribution in [3.63, 3.8) is 0 Å². The second-order valence-electron chi connectivity index (χ2n) is 7.33. The average molecular weight is 423 g/mol. The summed E-state index contributed by atoms with van der Waals surface area (Å²) in [5.74, 6) is -1.65. The van der Waals surface area contributed by atoms with Crippen molar-refractivity contribution in [2.45, 2.75) is 45.7 Å². The van der Waals surface area contributed by atoms with Gasteiger partial charge in [0.1, 0.15) is 6.10 Å². The summed E-state index contributed by atoms with van der Waals surface area (Å²) in [6.07, 6.45) is -5.31. The lowest BCUT2D eigenvalue weighted by Crippen LogP contribution is -2.40. The van der Waals surface area contributed by atoms with E-state index >= 15 is 0 Å². The van der Waals surface area contributed by atoms with Crippen LogP contribution in [-0.2, 0) is 22.3 Å². The number of carboxylic acids is 1. The molecular formula is C22H24F3NO4. The molecule has 0 heterocycles. The predicted octanol–water partition coefficient (Wildman–Crippen LogP) is 4.82. The number of ether oxygens (including phenoxy) is 1. The molecule has 0 saturated carbocycles. The molecule has 5 nitrogen and oxygen atoms in total. The molecule has 2 aromatic carbocycles. The number of carboxylic acid groups (broad SMARTS) is 1. The molecule has 0 aliphatic carbocycles. The zero-order valence-corrected chi connectivity index (χ0v) is 16.9. The standard InChI is InChI=1S/C22H24F3NO4/c1-13(2)19(30-12-15-5-4-6-18(11-15)22(23,24)25)20(27)26-14(3)16-7-9-17(10-8-16)21(28)29/h4-11,13-14,19H,12H2,1-3H3,(H,26,27)(H,28,29)/t14-,19?/m0/s1. The summed E-state index contributed by atoms with van der Waals surface area (Å²) in [7, 11) is 0. The molecule has 0 saturated heterocycles. The molecule has 0 spiro atoms. The van der Waals surface area contributed by atoms with Crippen molar-refractivity contribution in [2.75, 3.05) is 0 Å². The maximum Gasteiger partial charge on any atom is 0.416 e. The molecule has 0 aliphatic rings. The van der Waals surface area contributed by atoms with Crippen LogP contribution < -0.4 is 5.32 Å². The minimum Gasteiger partial charge on any atom is -0.478 e. The number of hydrogen-bond donors (Lipinski definition) is 2. The number of amides is 1. The van der Waals surface area contributed by atoms with E-state index < -0.39 is 35.8 Å². The van der Waals surface area contributed by atoms with Gasteiger partial charge >= 0.3 is 12.1 Å². The number of carbonyl (C=O) groups is 2. The molecule has 2 aromatic rings. The van der Waals surface area contributed by atoms with Crippen molar-refractivity contribution in [1.82, 2.24) is 5.32 Å². The summed E-state index contributed by atoms with van der Waals surface area (Å²) in [5, 5.41) is 11.8. The third-order valence-electron chi connectivity index (χ3n) is 4.56. The lowest BCUT2D eigenvalue weighted by atomic mass is 10.0. The van der Waals surface area contributed by atoms with Crippen molar-refractivity contribution in [2.24, 2.45) is 5.92 Å². The fraction of sp³-hybridized carbons (Fsp3) is 0.364. The van der Waals surface area contributed by atoms with Crippen LogP contribution in [-0.4, -0.2) is 23.1 Å². The first-order chi connectivity index (χ1) is 14.0. The Morgan fingerprint density at radius 2 is 1.70 bits per heavy atom. The van der Waals surface area contributed by atoms with Crippen molar-refractivity contribution in [3.8, 4) is 0 Å². The zero-order chi connectivity index (χ0) is 22.5. The zero-order valence-electron chi connectivity index (χ0n) is 16.9. The molecule has 1 unspecified atom stereocenters. The third kappa shape index (κ3) is 6.32. The Bertz CT molecular complexity index is 879. The second kappa shape index (κ2) is 9.75. The van der Waals surface area contributed by atoms with E-state index in [0.717, 1.165) is 12.1 Å². The topological polar surface area (TPSA) is 75.6 Å². The van der Waals surface area contributed by atoms with Crippen molar-refractivity contribution in [1.29, 1.82) is 0 Å². The number of halogens is 3. The Labute approximate surface area is 172 Å². The normalized spacial score (nSPS) is 13.7. The van der Waals surface area contributed by atoms with Crippen molar-refractivity contribution >= 4 is 11.9 Å². The first kappa shape index (κ1) is 23.4. The number of benzene rings is 2. The first-order valence-electron chi connectivity index (χ1n) is 9.40. The highest BCUT2D eigenvalue weighted by molar-refractivity contribution is 5.87. The Morgan fingerprint density at radius 3 is 2.23 bits per heavy atom. The Hall–Kier alpha value is -2.87. The van der Waals surface area contributed by atoms with Crippen LogP contribution in [0.25, 0.3) is 0 Å². The molecule has 2 atom stereocenters. The number of rotatable bonds is 8. The average Bonchev–Trinajstić information content (AvgIpc) is 2.67. The summed E-state index contributed by atoms with van der Waals surface area (Å²) in [4.78, 5) is 23.6. The molecule has 0 aliphatic heterocycles. The van der Waals surface area contributed by atoms with Gasteiger partial charge in [-0.2, -0.15) is 13.2 Å². The van der Waals surface area contributed by atoms with Gasteiger partial charge in [-0.05, 0) is 48.2 Å². The van der Waals surface area contributed by atoms with Crippen LogP contribution in [0.3, 0.4) is 0 Å². The van der Waals surface area contributed by atoms with Gasteiger partial charge in [0, 0.05) is 0 Å². The maximum absolute atomic E-state index is 12.9. The fourth-order valence-corrected chi connectivity index (χ4v) is 2.89. The van der Waals surface area contributed by atoms with Crippen LogP contribution in [0, 0.1) is 5.92 Å². The third-order valence-corrected chi connectivity index (χ3v) is 4.56. The van der Waals surface area contributed by atoms with Crippen LogP contribution >= 0.6 is 0 Å². The highest BCUT2D eigenvalue weighted by atomic mass is 19.4. The summed E-state index contributed by atoms with van der Waals surface area (Å²) >= 11 is 0. The Morgan fingerprint density at radius 1 is 1.07 bits per heavy atom. The van der Waals surface area contributed by atoms with Gasteiger partial charge in [-0.15, -0.1) is 0 Å². The summed E-state index contributed by atoms with van der Waals surface area (Å²) in [6, 6.07) is 10.5. The van der Waals surface area contributed by atoms with E-state index in [9.17, 15) is 22.8 Å². The van der Waals surface area contributed by atoms with Gasteiger partial charge in [-0.1, -0.05) is 38.1 Å². The summed E-state index contributed by atoms with van der Waals surface area (Å²) in [6.45, 7) is 5.17. The maximum atomic E-state index is 12.9. The van der Waals surface area contributed by atoms with Gasteiger partial charge in [0.25, 0.3) is 0 Å². The molecule has 2 rings (SSSR count). The van der Waals surface area contributed by atoms with E-state index in [1.165, 1.54) is 24.3 Å². The van der Waals surface area contributed by atoms with E-state index in [1.54, 1.807) is 32.9 Å². The summed E-state index contributed by atoms with van der Waals surface area (Å²) < 4.78 is 44.2. The van der Waals surface area contributed by atoms with Crippen molar-refractivity contribution < 1.29 is 32.6 Å². The van der Waals surface area contributed by atoms with E-state index in [-0.39, 0.29) is 18.1 Å². The molecule has 1 amide bonds. The van der Waals surface area contributed by atoms with Crippen LogP contribution in [0.4, 0.5) is 13.2 Å². The minimum absolute atomic E-state index is 0.137. The fourth-order valence-electron chi connectivity index (χ4n) is 2.89. The van der Waals surface area contributed by atoms with Crippen LogP contribution in [0.15, 0.2) is 48.5 Å². The number of alkyl halides is 3. The molecule has 0 fully saturated rings. The molecule has 0 bridgehead atoms. The van der Waals surface area contributed by atoms with Gasteiger partial charge in [0.05, 0.1) is 23.8 Å². The summed E-state index contributed by atoms with van der Waals surface area (Å²) in [5.41, 5.74) is 0.406. The molecule has 162 valence electrons. The van der Waals surface area contributed by atoms with Gasteiger partial charge in [0.2, 0.25) is 5.91 Å². The number of hydrogen-bond acceptors (Lipinski definition) is 3. The second-order valence-corrected chi connectivity index (χ2v) is 7.33. The van der Waals surface area contributed by atoms with Crippen LogP contribution in [0.2, 0.25) is 0 Å². The van der Waals surface area contributed by atoms with E-state index in [2.05, 4.69) is 5.32 Å². The largest absolute Gasteiger partial charge is 0.478 e. The van der Waals surface area contributed by atoms with E-state index in [4.69, 9.17) is 9.84 Å². The minimum atomic E-state index is -4.45. The SMILES string of the molecule is CC(C)C(OCc1cccc(C(F)(F)F)c1)C(=O)N[C@@H](C)c1ccc(C(=O)O)cc1. The highest BCUT2D eigenvalue weighted by Crippen LogP contribution is 2.29. The Kier molecular flexibility index (Phi) is 7.61. The molecular weight excluding hydrogens is 399 g/mol. The first-order valence-corrected chi connectivity index (χ1v) is 9.40. The van der Waals surface area contributed by atoms with Gasteiger partial charge in [-0.3, -0.25) is 4.79 Å². The molecule has 0 aromatic heterocycles. The predicted molar refractivity (Wildman–Crippen MR) is 105 cm³/mol. The molecule has 30 heavy (non-hydrogen) atoms. The van der Waals surface area contributed by atoms with E-state index in [0.29, 0.717) is 11.1 Å². The van der Waals surface area contributed by atoms with Crippen LogP contribution in [0.1, 0.15) is 53.9 Å².